The number of aryl methyl sites for hydroxylation is 2. The third-order valence-electron chi connectivity index (χ3n) is 6.35. The summed E-state index contributed by atoms with van der Waals surface area (Å²) in [5, 5.41) is 10.8. The number of fused-ring (bicyclic) bond motifs is 1. The average Bonchev–Trinajstić information content (AvgIpc) is 3.43. The topological polar surface area (TPSA) is 75.9 Å². The summed E-state index contributed by atoms with van der Waals surface area (Å²) >= 11 is 0. The van der Waals surface area contributed by atoms with Crippen molar-refractivity contribution in [3.63, 3.8) is 0 Å². The summed E-state index contributed by atoms with van der Waals surface area (Å²) in [6, 6.07) is 13.4. The molecule has 0 aliphatic carbocycles. The van der Waals surface area contributed by atoms with Crippen LogP contribution in [0.1, 0.15) is 33.6 Å². The minimum atomic E-state index is -4.22. The van der Waals surface area contributed by atoms with Crippen LogP contribution in [0.3, 0.4) is 0 Å². The maximum Gasteiger partial charge on any atom is 0.390 e. The number of carbonyl (C=O) groups excluding carboxylic acids is 1. The lowest BCUT2D eigenvalue weighted by Gasteiger charge is -2.17. The second-order valence-corrected chi connectivity index (χ2v) is 9.24. The summed E-state index contributed by atoms with van der Waals surface area (Å²) in [6.45, 7) is 2.11. The van der Waals surface area contributed by atoms with E-state index in [2.05, 4.69) is 20.5 Å². The van der Waals surface area contributed by atoms with Gasteiger partial charge in [0.25, 0.3) is 5.91 Å². The van der Waals surface area contributed by atoms with Crippen LogP contribution in [0.4, 0.5) is 23.4 Å². The van der Waals surface area contributed by atoms with Crippen molar-refractivity contribution < 1.29 is 22.4 Å². The molecule has 38 heavy (non-hydrogen) atoms. The number of hydrogen-bond acceptors (Lipinski definition) is 5. The summed E-state index contributed by atoms with van der Waals surface area (Å²) in [5.74, 6) is 0.276. The molecule has 1 amide bonds. The maximum absolute atomic E-state index is 14.1. The molecule has 0 bridgehead atoms. The molecule has 4 aromatic rings. The molecule has 0 spiro atoms. The number of carbonyl (C=O) groups is 1. The van der Waals surface area contributed by atoms with Crippen molar-refractivity contribution in [1.29, 1.82) is 0 Å². The molecule has 1 aliphatic rings. The zero-order valence-corrected chi connectivity index (χ0v) is 20.7. The van der Waals surface area contributed by atoms with Crippen molar-refractivity contribution in [3.8, 4) is 22.5 Å². The number of alkyl halides is 3. The van der Waals surface area contributed by atoms with Crippen molar-refractivity contribution in [2.75, 3.05) is 11.4 Å². The Morgan fingerprint density at radius 1 is 1.03 bits per heavy atom. The number of halogens is 4. The van der Waals surface area contributed by atoms with E-state index in [9.17, 15) is 22.4 Å². The van der Waals surface area contributed by atoms with Gasteiger partial charge in [-0.3, -0.25) is 9.69 Å². The minimum absolute atomic E-state index is 0.198. The average molecular weight is 525 g/mol. The molecule has 7 nitrogen and oxygen atoms in total. The number of rotatable bonds is 7. The zero-order chi connectivity index (χ0) is 27.0. The number of anilines is 1. The first kappa shape index (κ1) is 25.5. The first-order chi connectivity index (χ1) is 18.1. The summed E-state index contributed by atoms with van der Waals surface area (Å²) in [6.07, 6.45) is -3.61. The van der Waals surface area contributed by atoms with Crippen LogP contribution in [0.15, 0.2) is 54.9 Å². The summed E-state index contributed by atoms with van der Waals surface area (Å²) in [5.41, 5.74) is 4.69. The lowest BCUT2D eigenvalue weighted by molar-refractivity contribution is -0.133. The number of amides is 1. The molecule has 0 saturated carbocycles. The van der Waals surface area contributed by atoms with Crippen LogP contribution in [0.25, 0.3) is 22.5 Å². The predicted octanol–water partition coefficient (Wildman–Crippen LogP) is 5.19. The Kier molecular flexibility index (Phi) is 6.70. The van der Waals surface area contributed by atoms with Crippen molar-refractivity contribution in [2.45, 2.75) is 32.6 Å². The van der Waals surface area contributed by atoms with Crippen LogP contribution in [0.2, 0.25) is 0 Å². The molecule has 2 aromatic heterocycles. The van der Waals surface area contributed by atoms with Crippen LogP contribution in [0.5, 0.6) is 0 Å². The smallest absolute Gasteiger partial charge is 0.317 e. The van der Waals surface area contributed by atoms with Gasteiger partial charge in [-0.05, 0) is 59.5 Å². The standard InChI is InChI=1S/C27H24F4N6O/c1-16-9-17(13-32-8-7-27(29,30)31)10-24(34-16)37-14-19-4-3-18(11-22(19)26(37)38)21-6-5-20(28)12-23(21)25-35-33-15-36(25)2/h3-6,9-12,15,32H,7-8,13-14H2,1-2H3. The van der Waals surface area contributed by atoms with E-state index >= 15 is 0 Å². The van der Waals surface area contributed by atoms with Crippen LogP contribution in [-0.4, -0.2) is 38.4 Å². The van der Waals surface area contributed by atoms with Gasteiger partial charge in [0.15, 0.2) is 5.82 Å². The molecule has 2 aromatic carbocycles. The Bertz CT molecular complexity index is 1510. The van der Waals surface area contributed by atoms with E-state index in [4.69, 9.17) is 0 Å². The van der Waals surface area contributed by atoms with Crippen LogP contribution in [0, 0.1) is 12.7 Å². The molecular formula is C27H24F4N6O. The number of pyridine rings is 1. The van der Waals surface area contributed by atoms with E-state index in [0.29, 0.717) is 40.6 Å². The van der Waals surface area contributed by atoms with Gasteiger partial charge in [0.05, 0.1) is 13.0 Å². The molecule has 3 heterocycles. The van der Waals surface area contributed by atoms with Gasteiger partial charge in [0.2, 0.25) is 0 Å². The Labute approximate surface area is 216 Å². The van der Waals surface area contributed by atoms with Gasteiger partial charge in [0, 0.05) is 37.0 Å². The highest BCUT2D eigenvalue weighted by atomic mass is 19.4. The maximum atomic E-state index is 14.1. The van der Waals surface area contributed by atoms with Gasteiger partial charge < -0.3 is 9.88 Å². The highest BCUT2D eigenvalue weighted by molar-refractivity contribution is 6.10. The summed E-state index contributed by atoms with van der Waals surface area (Å²) < 4.78 is 53.1. The molecule has 1 N–H and O–H groups in total. The monoisotopic (exact) mass is 524 g/mol. The predicted molar refractivity (Wildman–Crippen MR) is 134 cm³/mol. The number of benzene rings is 2. The summed E-state index contributed by atoms with van der Waals surface area (Å²) in [7, 11) is 1.77. The highest BCUT2D eigenvalue weighted by Crippen LogP contribution is 2.35. The van der Waals surface area contributed by atoms with Crippen molar-refractivity contribution >= 4 is 11.7 Å². The fourth-order valence-corrected chi connectivity index (χ4v) is 4.56. The zero-order valence-electron chi connectivity index (χ0n) is 20.7. The molecule has 0 unspecified atom stereocenters. The van der Waals surface area contributed by atoms with E-state index in [-0.39, 0.29) is 19.0 Å². The first-order valence-electron chi connectivity index (χ1n) is 11.9. The van der Waals surface area contributed by atoms with Crippen molar-refractivity contribution in [3.05, 3.63) is 83.1 Å². The lowest BCUT2D eigenvalue weighted by Crippen LogP contribution is -2.25. The quantitative estimate of drug-likeness (QED) is 0.266. The van der Waals surface area contributed by atoms with E-state index in [0.717, 1.165) is 16.7 Å². The number of nitrogens with zero attached hydrogens (tertiary/aromatic N) is 5. The molecule has 0 fully saturated rings. The fourth-order valence-electron chi connectivity index (χ4n) is 4.56. The number of aromatic nitrogens is 4. The molecule has 196 valence electrons. The van der Waals surface area contributed by atoms with Gasteiger partial charge in [-0.1, -0.05) is 18.2 Å². The molecule has 0 atom stereocenters. The second-order valence-electron chi connectivity index (χ2n) is 9.24. The van der Waals surface area contributed by atoms with Crippen molar-refractivity contribution in [2.24, 2.45) is 7.05 Å². The second kappa shape index (κ2) is 9.97. The number of hydrogen-bond donors (Lipinski definition) is 1. The van der Waals surface area contributed by atoms with Gasteiger partial charge in [-0.2, -0.15) is 13.2 Å². The minimum Gasteiger partial charge on any atom is -0.317 e. The molecule has 0 radical (unpaired) electrons. The molecule has 11 heteroatoms. The van der Waals surface area contributed by atoms with E-state index in [1.807, 2.05) is 12.1 Å². The lowest BCUT2D eigenvalue weighted by atomic mass is 9.96. The van der Waals surface area contributed by atoms with Crippen LogP contribution < -0.4 is 10.2 Å². The van der Waals surface area contributed by atoms with Gasteiger partial charge in [-0.15, -0.1) is 10.2 Å². The Balaban J connectivity index is 1.41. The van der Waals surface area contributed by atoms with E-state index in [1.54, 1.807) is 47.7 Å². The molecule has 1 aliphatic heterocycles. The molecule has 5 rings (SSSR count). The molecular weight excluding hydrogens is 500 g/mol. The largest absolute Gasteiger partial charge is 0.390 e. The Hall–Kier alpha value is -4.12. The van der Waals surface area contributed by atoms with Crippen LogP contribution in [-0.2, 0) is 20.1 Å². The number of nitrogens with one attached hydrogen (secondary N) is 1. The third-order valence-corrected chi connectivity index (χ3v) is 6.35. The Morgan fingerprint density at radius 2 is 1.84 bits per heavy atom. The SMILES string of the molecule is Cc1cc(CNCCC(F)(F)F)cc(N2Cc3ccc(-c4ccc(F)cc4-c4nncn4C)cc3C2=O)n1. The van der Waals surface area contributed by atoms with Gasteiger partial charge in [-0.25, -0.2) is 9.37 Å². The third kappa shape index (κ3) is 5.28. The molecule has 0 saturated heterocycles. The van der Waals surface area contributed by atoms with E-state index in [1.165, 1.54) is 18.5 Å². The van der Waals surface area contributed by atoms with E-state index < -0.39 is 18.4 Å². The highest BCUT2D eigenvalue weighted by Gasteiger charge is 2.30. The van der Waals surface area contributed by atoms with Crippen molar-refractivity contribution in [1.82, 2.24) is 25.1 Å². The Morgan fingerprint density at radius 3 is 2.58 bits per heavy atom. The van der Waals surface area contributed by atoms with Crippen LogP contribution >= 0.6 is 0 Å². The first-order valence-corrected chi connectivity index (χ1v) is 11.9. The van der Waals surface area contributed by atoms with Gasteiger partial charge >= 0.3 is 6.18 Å². The summed E-state index contributed by atoms with van der Waals surface area (Å²) in [4.78, 5) is 19.5. The van der Waals surface area contributed by atoms with Gasteiger partial charge in [0.1, 0.15) is 18.0 Å². The normalized spacial score (nSPS) is 13.3. The fraction of sp³-hybridized carbons (Fsp3) is 0.259.